The van der Waals surface area contributed by atoms with Gasteiger partial charge in [0.05, 0.1) is 11.9 Å². The third-order valence-electron chi connectivity index (χ3n) is 3.47. The van der Waals surface area contributed by atoms with E-state index in [0.29, 0.717) is 29.4 Å². The monoisotopic (exact) mass is 327 g/mol. The highest BCUT2D eigenvalue weighted by Gasteiger charge is 2.18. The van der Waals surface area contributed by atoms with Crippen LogP contribution in [0, 0.1) is 6.92 Å². The highest BCUT2D eigenvalue weighted by Crippen LogP contribution is 2.13. The van der Waals surface area contributed by atoms with Crippen LogP contribution in [0.25, 0.3) is 5.82 Å². The Hall–Kier alpha value is -3.10. The van der Waals surface area contributed by atoms with Crippen molar-refractivity contribution >= 4 is 5.97 Å². The summed E-state index contributed by atoms with van der Waals surface area (Å²) in [5.74, 6) is 0.682. The minimum atomic E-state index is -0.472. The van der Waals surface area contributed by atoms with Gasteiger partial charge in [-0.05, 0) is 35.9 Å². The lowest BCUT2D eigenvalue weighted by Gasteiger charge is -2.06. The molecule has 0 N–H and O–H groups in total. The first-order valence-corrected chi connectivity index (χ1v) is 7.59. The fraction of sp³-hybridized carbons (Fsp3) is 0.333. The number of rotatable bonds is 6. The number of ether oxygens (including phenoxy) is 1. The molecule has 0 amide bonds. The predicted molar refractivity (Wildman–Crippen MR) is 83.3 cm³/mol. The number of carbonyl (C=O) groups excluding carboxylic acids is 1. The average Bonchev–Trinajstić information content (AvgIpc) is 3.20. The summed E-state index contributed by atoms with van der Waals surface area (Å²) in [6.45, 7) is 4.50. The average molecular weight is 327 g/mol. The molecule has 3 rings (SSSR count). The van der Waals surface area contributed by atoms with Crippen LogP contribution in [0.3, 0.4) is 0 Å². The second kappa shape index (κ2) is 6.99. The quantitative estimate of drug-likeness (QED) is 0.629. The zero-order valence-corrected chi connectivity index (χ0v) is 13.5. The minimum absolute atomic E-state index is 0.0139. The van der Waals surface area contributed by atoms with E-state index in [2.05, 4.69) is 25.6 Å². The Morgan fingerprint density at radius 3 is 2.96 bits per heavy atom. The number of pyridine rings is 1. The highest BCUT2D eigenvalue weighted by atomic mass is 16.5. The SMILES string of the molecule is CCCn1nnnc1COC(=O)c1cnn(-c2ccccn2)c1C. The van der Waals surface area contributed by atoms with Crippen LogP contribution in [0.5, 0.6) is 0 Å². The summed E-state index contributed by atoms with van der Waals surface area (Å²) in [6.07, 6.45) is 4.03. The van der Waals surface area contributed by atoms with Crippen LogP contribution >= 0.6 is 0 Å². The van der Waals surface area contributed by atoms with Crippen molar-refractivity contribution in [3.63, 3.8) is 0 Å². The summed E-state index contributed by atoms with van der Waals surface area (Å²) in [4.78, 5) is 16.5. The first-order valence-electron chi connectivity index (χ1n) is 7.59. The van der Waals surface area contributed by atoms with Gasteiger partial charge in [-0.3, -0.25) is 0 Å². The van der Waals surface area contributed by atoms with Crippen LogP contribution in [-0.4, -0.2) is 40.9 Å². The van der Waals surface area contributed by atoms with Crippen LogP contribution < -0.4 is 0 Å². The molecule has 3 aromatic heterocycles. The molecule has 3 aromatic rings. The zero-order valence-electron chi connectivity index (χ0n) is 13.5. The predicted octanol–water partition coefficient (Wildman–Crippen LogP) is 1.33. The van der Waals surface area contributed by atoms with Crippen LogP contribution in [-0.2, 0) is 17.9 Å². The Morgan fingerprint density at radius 2 is 2.21 bits per heavy atom. The topological polar surface area (TPSA) is 101 Å². The standard InChI is InChI=1S/C15H17N7O2/c1-3-8-21-14(18-19-20-21)10-24-15(23)12-9-17-22(11(12)2)13-6-4-5-7-16-13/h4-7,9H,3,8,10H2,1-2H3. The van der Waals surface area contributed by atoms with Crippen molar-refractivity contribution in [3.05, 3.63) is 47.7 Å². The van der Waals surface area contributed by atoms with Gasteiger partial charge in [0.2, 0.25) is 0 Å². The molecule has 0 bridgehead atoms. The lowest BCUT2D eigenvalue weighted by Crippen LogP contribution is -2.12. The van der Waals surface area contributed by atoms with E-state index in [0.717, 1.165) is 6.42 Å². The second-order valence-electron chi connectivity index (χ2n) is 5.14. The first kappa shape index (κ1) is 15.8. The van der Waals surface area contributed by atoms with E-state index in [-0.39, 0.29) is 6.61 Å². The number of carbonyl (C=O) groups is 1. The van der Waals surface area contributed by atoms with Gasteiger partial charge in [-0.15, -0.1) is 5.10 Å². The second-order valence-corrected chi connectivity index (χ2v) is 5.14. The molecule has 0 aliphatic carbocycles. The van der Waals surface area contributed by atoms with Crippen LogP contribution in [0.15, 0.2) is 30.6 Å². The molecule has 0 saturated carbocycles. The lowest BCUT2D eigenvalue weighted by molar-refractivity contribution is 0.0455. The van der Waals surface area contributed by atoms with Gasteiger partial charge in [-0.1, -0.05) is 13.0 Å². The summed E-state index contributed by atoms with van der Waals surface area (Å²) >= 11 is 0. The van der Waals surface area contributed by atoms with E-state index < -0.39 is 5.97 Å². The Balaban J connectivity index is 1.72. The minimum Gasteiger partial charge on any atom is -0.454 e. The smallest absolute Gasteiger partial charge is 0.342 e. The van der Waals surface area contributed by atoms with Crippen molar-refractivity contribution in [2.75, 3.05) is 0 Å². The Morgan fingerprint density at radius 1 is 1.33 bits per heavy atom. The Labute approximate surface area is 138 Å². The fourth-order valence-corrected chi connectivity index (χ4v) is 2.24. The molecule has 24 heavy (non-hydrogen) atoms. The molecule has 0 aliphatic rings. The molecule has 124 valence electrons. The Kier molecular flexibility index (Phi) is 4.59. The van der Waals surface area contributed by atoms with Crippen molar-refractivity contribution in [3.8, 4) is 5.82 Å². The fourth-order valence-electron chi connectivity index (χ4n) is 2.24. The number of tetrazole rings is 1. The maximum absolute atomic E-state index is 12.3. The van der Waals surface area contributed by atoms with Gasteiger partial charge in [0.15, 0.2) is 18.2 Å². The van der Waals surface area contributed by atoms with E-state index in [9.17, 15) is 4.79 Å². The number of esters is 1. The van der Waals surface area contributed by atoms with Crippen LogP contribution in [0.1, 0.15) is 35.2 Å². The number of nitrogens with zero attached hydrogens (tertiary/aromatic N) is 7. The van der Waals surface area contributed by atoms with Crippen LogP contribution in [0.2, 0.25) is 0 Å². The molecule has 0 fully saturated rings. The molecule has 3 heterocycles. The zero-order chi connectivity index (χ0) is 16.9. The molecule has 0 aliphatic heterocycles. The largest absolute Gasteiger partial charge is 0.454 e. The van der Waals surface area contributed by atoms with Gasteiger partial charge in [0.25, 0.3) is 0 Å². The molecular weight excluding hydrogens is 310 g/mol. The summed E-state index contributed by atoms with van der Waals surface area (Å²) in [5.41, 5.74) is 1.04. The molecule has 0 saturated heterocycles. The molecule has 0 spiro atoms. The summed E-state index contributed by atoms with van der Waals surface area (Å²) < 4.78 is 8.53. The van der Waals surface area contributed by atoms with E-state index in [1.54, 1.807) is 22.5 Å². The van der Waals surface area contributed by atoms with E-state index in [4.69, 9.17) is 4.74 Å². The molecule has 9 nitrogen and oxygen atoms in total. The Bertz CT molecular complexity index is 825. The van der Waals surface area contributed by atoms with Crippen molar-refractivity contribution in [1.82, 2.24) is 35.0 Å². The van der Waals surface area contributed by atoms with Gasteiger partial charge in [0, 0.05) is 12.7 Å². The molecule has 9 heteroatoms. The number of aryl methyl sites for hydroxylation is 1. The number of hydrogen-bond acceptors (Lipinski definition) is 7. The molecule has 0 aromatic carbocycles. The van der Waals surface area contributed by atoms with Crippen molar-refractivity contribution in [2.24, 2.45) is 0 Å². The summed E-state index contributed by atoms with van der Waals surface area (Å²) in [7, 11) is 0. The molecule has 0 atom stereocenters. The summed E-state index contributed by atoms with van der Waals surface area (Å²) in [5, 5.41) is 15.5. The van der Waals surface area contributed by atoms with Gasteiger partial charge in [0.1, 0.15) is 5.56 Å². The molecular formula is C15H17N7O2. The molecule has 0 unspecified atom stereocenters. The maximum atomic E-state index is 12.3. The number of hydrogen-bond donors (Lipinski definition) is 0. The van der Waals surface area contributed by atoms with Gasteiger partial charge in [-0.25, -0.2) is 19.1 Å². The van der Waals surface area contributed by atoms with Crippen molar-refractivity contribution < 1.29 is 9.53 Å². The van der Waals surface area contributed by atoms with Gasteiger partial charge >= 0.3 is 5.97 Å². The third kappa shape index (κ3) is 3.14. The van der Waals surface area contributed by atoms with Crippen LogP contribution in [0.4, 0.5) is 0 Å². The van der Waals surface area contributed by atoms with Gasteiger partial charge in [-0.2, -0.15) is 5.10 Å². The summed E-state index contributed by atoms with van der Waals surface area (Å²) in [6, 6.07) is 5.49. The lowest BCUT2D eigenvalue weighted by atomic mass is 10.2. The number of aromatic nitrogens is 7. The highest BCUT2D eigenvalue weighted by molar-refractivity contribution is 5.90. The van der Waals surface area contributed by atoms with E-state index in [1.807, 2.05) is 25.1 Å². The third-order valence-corrected chi connectivity index (χ3v) is 3.47. The normalized spacial score (nSPS) is 10.8. The van der Waals surface area contributed by atoms with E-state index >= 15 is 0 Å². The maximum Gasteiger partial charge on any atom is 0.342 e. The molecule has 0 radical (unpaired) electrons. The van der Waals surface area contributed by atoms with Crippen molar-refractivity contribution in [2.45, 2.75) is 33.4 Å². The van der Waals surface area contributed by atoms with Gasteiger partial charge < -0.3 is 4.74 Å². The van der Waals surface area contributed by atoms with Crippen molar-refractivity contribution in [1.29, 1.82) is 0 Å². The first-order chi connectivity index (χ1) is 11.7. The van der Waals surface area contributed by atoms with E-state index in [1.165, 1.54) is 6.20 Å².